The van der Waals surface area contributed by atoms with Gasteiger partial charge in [-0.15, -0.1) is 3.89 Å². The summed E-state index contributed by atoms with van der Waals surface area (Å²) in [5.41, 5.74) is -0.709. The van der Waals surface area contributed by atoms with Crippen LogP contribution in [0.15, 0.2) is 0 Å². The van der Waals surface area contributed by atoms with Crippen molar-refractivity contribution in [2.75, 3.05) is 6.54 Å². The van der Waals surface area contributed by atoms with E-state index in [0.29, 0.717) is 0 Å². The van der Waals surface area contributed by atoms with Crippen LogP contribution in [0.25, 0.3) is 0 Å². The molecule has 0 aromatic carbocycles. The normalized spacial score (nSPS) is 21.9. The van der Waals surface area contributed by atoms with Crippen molar-refractivity contribution in [1.29, 1.82) is 0 Å². The second-order valence-corrected chi connectivity index (χ2v) is 7.42. The van der Waals surface area contributed by atoms with Crippen molar-refractivity contribution in [3.8, 4) is 0 Å². The van der Waals surface area contributed by atoms with Crippen LogP contribution >= 0.6 is 0 Å². The Bertz CT molecular complexity index is 496. The highest BCUT2D eigenvalue weighted by atomic mass is 32.3. The van der Waals surface area contributed by atoms with Gasteiger partial charge >= 0.3 is 16.2 Å². The number of carbonyl (C=O) groups excluding carboxylic acids is 2. The maximum absolute atomic E-state index is 13.0. The number of amides is 1. The standard InChI is InChI=1S/C12H20FNO5S/c1-5-9(11(16)19-12(2,3)4)14-7-8(6-10(14)15)20(13,17)18/h8-9H,5-7H2,1-4H3/t8?,9-/m1/s1. The zero-order valence-corrected chi connectivity index (χ0v) is 12.9. The maximum atomic E-state index is 13.0. The molecule has 0 aromatic rings. The molecule has 1 aliphatic rings. The topological polar surface area (TPSA) is 80.8 Å². The largest absolute Gasteiger partial charge is 0.458 e. The van der Waals surface area contributed by atoms with E-state index < -0.39 is 45.4 Å². The van der Waals surface area contributed by atoms with Gasteiger partial charge in [0.25, 0.3) is 0 Å². The predicted molar refractivity (Wildman–Crippen MR) is 70.1 cm³/mol. The van der Waals surface area contributed by atoms with Crippen LogP contribution in [-0.2, 0) is 24.5 Å². The summed E-state index contributed by atoms with van der Waals surface area (Å²) in [6.07, 6.45) is -0.155. The van der Waals surface area contributed by atoms with Crippen molar-refractivity contribution >= 4 is 22.1 Å². The molecule has 20 heavy (non-hydrogen) atoms. The van der Waals surface area contributed by atoms with E-state index >= 15 is 0 Å². The lowest BCUT2D eigenvalue weighted by molar-refractivity contribution is -0.163. The highest BCUT2D eigenvalue weighted by Gasteiger charge is 2.43. The third kappa shape index (κ3) is 4.16. The molecule has 1 unspecified atom stereocenters. The summed E-state index contributed by atoms with van der Waals surface area (Å²) in [5.74, 6) is -1.15. The molecule has 1 saturated heterocycles. The zero-order chi connectivity index (χ0) is 15.7. The lowest BCUT2D eigenvalue weighted by Crippen LogP contribution is -2.45. The number of hydrogen-bond donors (Lipinski definition) is 0. The van der Waals surface area contributed by atoms with E-state index in [1.54, 1.807) is 27.7 Å². The van der Waals surface area contributed by atoms with Gasteiger partial charge in [0.1, 0.15) is 16.9 Å². The maximum Gasteiger partial charge on any atom is 0.329 e. The lowest BCUT2D eigenvalue weighted by atomic mass is 10.1. The Morgan fingerprint density at radius 2 is 2.05 bits per heavy atom. The minimum atomic E-state index is -4.79. The molecular formula is C12H20FNO5S. The van der Waals surface area contributed by atoms with Crippen molar-refractivity contribution in [3.05, 3.63) is 0 Å². The summed E-state index contributed by atoms with van der Waals surface area (Å²) < 4.78 is 39.9. The van der Waals surface area contributed by atoms with Crippen LogP contribution in [0.2, 0.25) is 0 Å². The van der Waals surface area contributed by atoms with E-state index in [2.05, 4.69) is 0 Å². The first-order chi connectivity index (χ1) is 8.95. The second kappa shape index (κ2) is 5.67. The molecule has 0 spiro atoms. The van der Waals surface area contributed by atoms with Gasteiger partial charge in [0.05, 0.1) is 0 Å². The van der Waals surface area contributed by atoms with E-state index in [1.807, 2.05) is 0 Å². The Morgan fingerprint density at radius 1 is 1.50 bits per heavy atom. The first kappa shape index (κ1) is 16.9. The zero-order valence-electron chi connectivity index (χ0n) is 12.1. The van der Waals surface area contributed by atoms with Crippen LogP contribution in [0.3, 0.4) is 0 Å². The van der Waals surface area contributed by atoms with Gasteiger partial charge in [0.15, 0.2) is 0 Å². The van der Waals surface area contributed by atoms with Crippen LogP contribution in [-0.4, -0.2) is 48.6 Å². The molecule has 2 atom stereocenters. The molecule has 0 N–H and O–H groups in total. The van der Waals surface area contributed by atoms with Crippen LogP contribution in [0.5, 0.6) is 0 Å². The molecule has 1 amide bonds. The van der Waals surface area contributed by atoms with E-state index in [4.69, 9.17) is 4.74 Å². The number of ether oxygens (including phenoxy) is 1. The third-order valence-corrected chi connectivity index (χ3v) is 4.07. The monoisotopic (exact) mass is 309 g/mol. The SMILES string of the molecule is CC[C@H](C(=O)OC(C)(C)C)N1CC(S(=O)(=O)F)CC1=O. The van der Waals surface area contributed by atoms with Gasteiger partial charge in [0, 0.05) is 13.0 Å². The molecule has 0 bridgehead atoms. The lowest BCUT2D eigenvalue weighted by Gasteiger charge is -2.29. The van der Waals surface area contributed by atoms with Gasteiger partial charge in [-0.1, -0.05) is 6.92 Å². The predicted octanol–water partition coefficient (Wildman–Crippen LogP) is 1.01. The molecule has 1 aliphatic heterocycles. The Labute approximate surface area is 118 Å². The number of rotatable bonds is 4. The Morgan fingerprint density at radius 3 is 2.40 bits per heavy atom. The summed E-state index contributed by atoms with van der Waals surface area (Å²) >= 11 is 0. The van der Waals surface area contributed by atoms with Crippen LogP contribution < -0.4 is 0 Å². The molecule has 6 nitrogen and oxygen atoms in total. The van der Waals surface area contributed by atoms with Crippen LogP contribution in [0.4, 0.5) is 3.89 Å². The number of carbonyl (C=O) groups is 2. The van der Waals surface area contributed by atoms with Gasteiger partial charge in [-0.3, -0.25) is 4.79 Å². The summed E-state index contributed by atoms with van der Waals surface area (Å²) in [4.78, 5) is 24.9. The molecule has 116 valence electrons. The van der Waals surface area contributed by atoms with Gasteiger partial charge in [-0.05, 0) is 27.2 Å². The molecule has 0 aliphatic carbocycles. The van der Waals surface area contributed by atoms with Gasteiger partial charge in [-0.2, -0.15) is 8.42 Å². The number of hydrogen-bond acceptors (Lipinski definition) is 5. The second-order valence-electron chi connectivity index (χ2n) is 5.81. The van der Waals surface area contributed by atoms with Crippen molar-refractivity contribution < 1.29 is 26.6 Å². The van der Waals surface area contributed by atoms with Gasteiger partial charge in [0.2, 0.25) is 5.91 Å². The minimum Gasteiger partial charge on any atom is -0.458 e. The smallest absolute Gasteiger partial charge is 0.329 e. The first-order valence-corrected chi connectivity index (χ1v) is 7.86. The molecular weight excluding hydrogens is 289 g/mol. The summed E-state index contributed by atoms with van der Waals surface area (Å²) in [5, 5.41) is -1.40. The fourth-order valence-electron chi connectivity index (χ4n) is 2.07. The number of halogens is 1. The molecule has 0 saturated carbocycles. The van der Waals surface area contributed by atoms with E-state index in [-0.39, 0.29) is 13.0 Å². The van der Waals surface area contributed by atoms with Gasteiger partial charge in [-0.25, -0.2) is 4.79 Å². The summed E-state index contributed by atoms with van der Waals surface area (Å²) in [7, 11) is -4.79. The highest BCUT2D eigenvalue weighted by molar-refractivity contribution is 7.87. The van der Waals surface area contributed by atoms with Crippen LogP contribution in [0, 0.1) is 0 Å². The van der Waals surface area contributed by atoms with E-state index in [0.717, 1.165) is 4.90 Å². The van der Waals surface area contributed by atoms with Crippen molar-refractivity contribution in [2.24, 2.45) is 0 Å². The average molecular weight is 309 g/mol. The van der Waals surface area contributed by atoms with Crippen molar-refractivity contribution in [3.63, 3.8) is 0 Å². The molecule has 0 aromatic heterocycles. The fraction of sp³-hybridized carbons (Fsp3) is 0.833. The number of likely N-dealkylation sites (tertiary alicyclic amines) is 1. The summed E-state index contributed by atoms with van der Waals surface area (Å²) in [6.45, 7) is 6.45. The fourth-order valence-corrected chi connectivity index (χ4v) is 2.75. The highest BCUT2D eigenvalue weighted by Crippen LogP contribution is 2.24. The Balaban J connectivity index is 2.86. The Kier molecular flexibility index (Phi) is 4.78. The van der Waals surface area contributed by atoms with Crippen molar-refractivity contribution in [2.45, 2.75) is 57.4 Å². The van der Waals surface area contributed by atoms with E-state index in [1.165, 1.54) is 0 Å². The van der Waals surface area contributed by atoms with Gasteiger partial charge < -0.3 is 9.64 Å². The molecule has 8 heteroatoms. The Hall–Kier alpha value is -1.18. The minimum absolute atomic E-state index is 0.277. The molecule has 1 fully saturated rings. The van der Waals surface area contributed by atoms with Crippen molar-refractivity contribution in [1.82, 2.24) is 4.90 Å². The first-order valence-electron chi connectivity index (χ1n) is 6.41. The average Bonchev–Trinajstić information content (AvgIpc) is 2.59. The summed E-state index contributed by atoms with van der Waals surface area (Å²) in [6, 6.07) is -0.881. The quantitative estimate of drug-likeness (QED) is 0.572. The molecule has 0 radical (unpaired) electrons. The number of nitrogens with zero attached hydrogens (tertiary/aromatic N) is 1. The van der Waals surface area contributed by atoms with Crippen LogP contribution in [0.1, 0.15) is 40.5 Å². The third-order valence-electron chi connectivity index (χ3n) is 2.96. The van der Waals surface area contributed by atoms with E-state index in [9.17, 15) is 21.9 Å². The number of esters is 1. The molecule has 1 heterocycles. The molecule has 1 rings (SSSR count).